The minimum atomic E-state index is -0.177. The molecule has 0 aromatic rings. The second kappa shape index (κ2) is 6.21. The third-order valence-electron chi connectivity index (χ3n) is 3.53. The zero-order chi connectivity index (χ0) is 12.0. The number of aliphatic hydroxyl groups is 1. The maximum Gasteiger partial charge on any atom is 0.236 e. The average molecular weight is 228 g/mol. The molecule has 0 aromatic heterocycles. The van der Waals surface area contributed by atoms with Crippen molar-refractivity contribution in [1.82, 2.24) is 10.6 Å². The molecule has 4 nitrogen and oxygen atoms in total. The van der Waals surface area contributed by atoms with Crippen LogP contribution in [0.4, 0.5) is 0 Å². The molecule has 0 radical (unpaired) electrons. The standard InChI is InChI=1S/C12H24N2O2/c1-3-13-11(16)10(2)14-8-12(9-15)6-4-5-7-12/h10,14-15H,3-9H2,1-2H3,(H,13,16). The summed E-state index contributed by atoms with van der Waals surface area (Å²) in [6, 6.07) is -0.177. The summed E-state index contributed by atoms with van der Waals surface area (Å²) in [6.07, 6.45) is 4.52. The van der Waals surface area contributed by atoms with Crippen LogP contribution in [0.3, 0.4) is 0 Å². The van der Waals surface area contributed by atoms with Gasteiger partial charge >= 0.3 is 0 Å². The Morgan fingerprint density at radius 3 is 2.56 bits per heavy atom. The third-order valence-corrected chi connectivity index (χ3v) is 3.53. The molecule has 1 rings (SSSR count). The lowest BCUT2D eigenvalue weighted by atomic mass is 9.87. The highest BCUT2D eigenvalue weighted by Crippen LogP contribution is 2.36. The number of nitrogens with one attached hydrogen (secondary N) is 2. The number of amides is 1. The molecule has 1 amide bonds. The normalized spacial score (nSPS) is 20.7. The van der Waals surface area contributed by atoms with E-state index >= 15 is 0 Å². The molecule has 1 unspecified atom stereocenters. The highest BCUT2D eigenvalue weighted by molar-refractivity contribution is 5.81. The van der Waals surface area contributed by atoms with Gasteiger partial charge in [0.1, 0.15) is 0 Å². The zero-order valence-electron chi connectivity index (χ0n) is 10.4. The monoisotopic (exact) mass is 228 g/mol. The molecule has 94 valence electrons. The molecule has 1 aliphatic carbocycles. The Morgan fingerprint density at radius 2 is 2.06 bits per heavy atom. The van der Waals surface area contributed by atoms with E-state index in [0.717, 1.165) is 19.4 Å². The SMILES string of the molecule is CCNC(=O)C(C)NCC1(CO)CCCC1. The van der Waals surface area contributed by atoms with Crippen LogP contribution in [0.1, 0.15) is 39.5 Å². The van der Waals surface area contributed by atoms with E-state index in [0.29, 0.717) is 6.54 Å². The molecule has 3 N–H and O–H groups in total. The predicted octanol–water partition coefficient (Wildman–Crippen LogP) is 0.653. The molecular weight excluding hydrogens is 204 g/mol. The topological polar surface area (TPSA) is 61.4 Å². The van der Waals surface area contributed by atoms with E-state index in [1.54, 1.807) is 0 Å². The highest BCUT2D eigenvalue weighted by atomic mass is 16.3. The van der Waals surface area contributed by atoms with Crippen LogP contribution in [0.2, 0.25) is 0 Å². The molecule has 1 fully saturated rings. The van der Waals surface area contributed by atoms with Crippen molar-refractivity contribution in [1.29, 1.82) is 0 Å². The first-order valence-electron chi connectivity index (χ1n) is 6.25. The van der Waals surface area contributed by atoms with Gasteiger partial charge in [-0.2, -0.15) is 0 Å². The second-order valence-corrected chi connectivity index (χ2v) is 4.86. The number of aliphatic hydroxyl groups excluding tert-OH is 1. The first-order chi connectivity index (χ1) is 7.63. The molecule has 4 heteroatoms. The van der Waals surface area contributed by atoms with E-state index in [9.17, 15) is 9.90 Å². The number of rotatable bonds is 6. The lowest BCUT2D eigenvalue weighted by Gasteiger charge is -2.28. The molecule has 0 bridgehead atoms. The lowest BCUT2D eigenvalue weighted by Crippen LogP contribution is -2.46. The number of likely N-dealkylation sites (N-methyl/N-ethyl adjacent to an activating group) is 1. The van der Waals surface area contributed by atoms with E-state index < -0.39 is 0 Å². The summed E-state index contributed by atoms with van der Waals surface area (Å²) in [4.78, 5) is 11.5. The Kier molecular flexibility index (Phi) is 5.22. The van der Waals surface area contributed by atoms with Crippen LogP contribution in [0.5, 0.6) is 0 Å². The molecule has 16 heavy (non-hydrogen) atoms. The van der Waals surface area contributed by atoms with Gasteiger partial charge < -0.3 is 15.7 Å². The van der Waals surface area contributed by atoms with Crippen molar-refractivity contribution in [3.63, 3.8) is 0 Å². The molecular formula is C12H24N2O2. The fourth-order valence-corrected chi connectivity index (χ4v) is 2.31. The van der Waals surface area contributed by atoms with Gasteiger partial charge in [0.25, 0.3) is 0 Å². The van der Waals surface area contributed by atoms with Gasteiger partial charge in [0.05, 0.1) is 6.04 Å². The van der Waals surface area contributed by atoms with Crippen molar-refractivity contribution in [3.8, 4) is 0 Å². The summed E-state index contributed by atoms with van der Waals surface area (Å²) in [7, 11) is 0. The molecule has 1 atom stereocenters. The minimum absolute atomic E-state index is 0.0146. The molecule has 0 heterocycles. The van der Waals surface area contributed by atoms with Gasteiger partial charge in [0.15, 0.2) is 0 Å². The van der Waals surface area contributed by atoms with E-state index in [1.165, 1.54) is 12.8 Å². The quantitative estimate of drug-likeness (QED) is 0.625. The van der Waals surface area contributed by atoms with E-state index in [-0.39, 0.29) is 24.0 Å². The Labute approximate surface area is 97.8 Å². The van der Waals surface area contributed by atoms with Gasteiger partial charge in [-0.1, -0.05) is 12.8 Å². The van der Waals surface area contributed by atoms with Gasteiger partial charge in [0.2, 0.25) is 5.91 Å². The fourth-order valence-electron chi connectivity index (χ4n) is 2.31. The Balaban J connectivity index is 2.34. The van der Waals surface area contributed by atoms with Crippen molar-refractivity contribution in [2.75, 3.05) is 19.7 Å². The smallest absolute Gasteiger partial charge is 0.236 e. The molecule has 0 saturated heterocycles. The molecule has 1 saturated carbocycles. The molecule has 0 spiro atoms. The Morgan fingerprint density at radius 1 is 1.44 bits per heavy atom. The second-order valence-electron chi connectivity index (χ2n) is 4.86. The highest BCUT2D eigenvalue weighted by Gasteiger charge is 2.33. The summed E-state index contributed by atoms with van der Waals surface area (Å²) in [6.45, 7) is 5.40. The summed E-state index contributed by atoms with van der Waals surface area (Å²) in [5, 5.41) is 15.4. The van der Waals surface area contributed by atoms with Crippen molar-refractivity contribution in [2.24, 2.45) is 5.41 Å². The van der Waals surface area contributed by atoms with E-state index in [2.05, 4.69) is 10.6 Å². The number of carbonyl (C=O) groups excluding carboxylic acids is 1. The Hall–Kier alpha value is -0.610. The summed E-state index contributed by atoms with van der Waals surface area (Å²) < 4.78 is 0. The molecule has 1 aliphatic rings. The zero-order valence-corrected chi connectivity index (χ0v) is 10.4. The van der Waals surface area contributed by atoms with Gasteiger partial charge in [-0.3, -0.25) is 4.79 Å². The number of hydrogen-bond donors (Lipinski definition) is 3. The predicted molar refractivity (Wildman–Crippen MR) is 64.1 cm³/mol. The van der Waals surface area contributed by atoms with E-state index in [1.807, 2.05) is 13.8 Å². The van der Waals surface area contributed by atoms with Crippen LogP contribution in [-0.2, 0) is 4.79 Å². The number of carbonyl (C=O) groups is 1. The lowest BCUT2D eigenvalue weighted by molar-refractivity contribution is -0.122. The first-order valence-corrected chi connectivity index (χ1v) is 6.25. The summed E-state index contributed by atoms with van der Waals surface area (Å²) in [5.74, 6) is 0.0357. The Bertz CT molecular complexity index is 225. The minimum Gasteiger partial charge on any atom is -0.396 e. The van der Waals surface area contributed by atoms with Crippen LogP contribution in [-0.4, -0.2) is 36.8 Å². The summed E-state index contributed by atoms with van der Waals surface area (Å²) >= 11 is 0. The molecule has 0 aliphatic heterocycles. The number of hydrogen-bond acceptors (Lipinski definition) is 3. The van der Waals surface area contributed by atoms with Crippen LogP contribution in [0.25, 0.3) is 0 Å². The van der Waals surface area contributed by atoms with Crippen LogP contribution >= 0.6 is 0 Å². The maximum atomic E-state index is 11.5. The van der Waals surface area contributed by atoms with Gasteiger partial charge in [0, 0.05) is 25.1 Å². The van der Waals surface area contributed by atoms with Gasteiger partial charge in [-0.15, -0.1) is 0 Å². The van der Waals surface area contributed by atoms with Crippen LogP contribution in [0, 0.1) is 5.41 Å². The largest absolute Gasteiger partial charge is 0.396 e. The first kappa shape index (κ1) is 13.5. The van der Waals surface area contributed by atoms with Gasteiger partial charge in [-0.05, 0) is 26.7 Å². The maximum absolute atomic E-state index is 11.5. The summed E-state index contributed by atoms with van der Waals surface area (Å²) in [5.41, 5.74) is 0.0146. The van der Waals surface area contributed by atoms with Crippen molar-refractivity contribution in [2.45, 2.75) is 45.6 Å². The van der Waals surface area contributed by atoms with E-state index in [4.69, 9.17) is 0 Å². The van der Waals surface area contributed by atoms with Crippen molar-refractivity contribution in [3.05, 3.63) is 0 Å². The van der Waals surface area contributed by atoms with Crippen molar-refractivity contribution < 1.29 is 9.90 Å². The van der Waals surface area contributed by atoms with Crippen LogP contribution < -0.4 is 10.6 Å². The van der Waals surface area contributed by atoms with Crippen LogP contribution in [0.15, 0.2) is 0 Å². The van der Waals surface area contributed by atoms with Gasteiger partial charge in [-0.25, -0.2) is 0 Å². The average Bonchev–Trinajstić information content (AvgIpc) is 2.75. The van der Waals surface area contributed by atoms with Crippen molar-refractivity contribution >= 4 is 5.91 Å². The fraction of sp³-hybridized carbons (Fsp3) is 0.917. The molecule has 0 aromatic carbocycles. The third kappa shape index (κ3) is 3.46.